The molecule has 0 radical (unpaired) electrons. The van der Waals surface area contributed by atoms with E-state index in [4.69, 9.17) is 5.73 Å². The molecule has 2 N–H and O–H groups in total. The molecule has 0 aliphatic heterocycles. The average molecular weight is 366 g/mol. The maximum Gasteiger partial charge on any atom is 0.271 e. The summed E-state index contributed by atoms with van der Waals surface area (Å²) in [5.74, 6) is -0.340. The first-order valence-corrected chi connectivity index (χ1v) is 8.76. The quantitative estimate of drug-likeness (QED) is 0.728. The number of hydrogen-bond donors (Lipinski definition) is 1. The van der Waals surface area contributed by atoms with Crippen LogP contribution in [-0.2, 0) is 19.6 Å². The van der Waals surface area contributed by atoms with Gasteiger partial charge >= 0.3 is 0 Å². The van der Waals surface area contributed by atoms with Gasteiger partial charge in [-0.15, -0.1) is 0 Å². The van der Waals surface area contributed by atoms with Gasteiger partial charge in [0.1, 0.15) is 5.82 Å². The first-order chi connectivity index (χ1) is 13.0. The Morgan fingerprint density at radius 1 is 1.07 bits per heavy atom. The van der Waals surface area contributed by atoms with Gasteiger partial charge in [0.2, 0.25) is 0 Å². The Morgan fingerprint density at radius 3 is 2.48 bits per heavy atom. The Kier molecular flexibility index (Phi) is 5.78. The molecule has 27 heavy (non-hydrogen) atoms. The molecule has 3 rings (SSSR count). The number of aromatic nitrogens is 2. The van der Waals surface area contributed by atoms with Crippen LogP contribution in [0.4, 0.5) is 4.39 Å². The fourth-order valence-electron chi connectivity index (χ4n) is 2.95. The summed E-state index contributed by atoms with van der Waals surface area (Å²) in [4.78, 5) is 14.8. The number of nitrogens with two attached hydrogens (primary N) is 1. The minimum absolute atomic E-state index is 0.105. The van der Waals surface area contributed by atoms with Crippen molar-refractivity contribution in [2.24, 2.45) is 5.73 Å². The van der Waals surface area contributed by atoms with Gasteiger partial charge in [0, 0.05) is 29.8 Å². The lowest BCUT2D eigenvalue weighted by Gasteiger charge is -2.14. The molecule has 0 unspecified atom stereocenters. The SMILES string of the molecule is CN(C)Cc1cc(-c2ccc(F)c(CN)c2)nn(Cc2ccccc2)c1=O. The van der Waals surface area contributed by atoms with Crippen LogP contribution < -0.4 is 11.3 Å². The van der Waals surface area contributed by atoms with Gasteiger partial charge < -0.3 is 10.6 Å². The summed E-state index contributed by atoms with van der Waals surface area (Å²) in [6, 6.07) is 16.2. The van der Waals surface area contributed by atoms with Crippen LogP contribution in [0.25, 0.3) is 11.3 Å². The second-order valence-corrected chi connectivity index (χ2v) is 6.75. The standard InChI is InChI=1S/C21H23FN4O/c1-25(2)14-18-11-20(16-8-9-19(22)17(10-16)12-23)24-26(21(18)27)13-15-6-4-3-5-7-15/h3-11H,12-14,23H2,1-2H3. The lowest BCUT2D eigenvalue weighted by Crippen LogP contribution is -2.29. The molecule has 0 bridgehead atoms. The molecule has 0 aliphatic rings. The predicted molar refractivity (Wildman–Crippen MR) is 105 cm³/mol. The highest BCUT2D eigenvalue weighted by molar-refractivity contribution is 5.60. The Hall–Kier alpha value is -2.83. The average Bonchev–Trinajstić information content (AvgIpc) is 2.65. The zero-order valence-electron chi connectivity index (χ0n) is 15.5. The smallest absolute Gasteiger partial charge is 0.271 e. The van der Waals surface area contributed by atoms with E-state index in [1.807, 2.05) is 49.3 Å². The number of benzene rings is 2. The Balaban J connectivity index is 2.10. The van der Waals surface area contributed by atoms with Crippen molar-refractivity contribution in [3.05, 3.63) is 87.5 Å². The van der Waals surface area contributed by atoms with Crippen molar-refractivity contribution in [1.29, 1.82) is 0 Å². The second kappa shape index (κ2) is 8.24. The molecule has 6 heteroatoms. The lowest BCUT2D eigenvalue weighted by atomic mass is 10.1. The molecular weight excluding hydrogens is 343 g/mol. The van der Waals surface area contributed by atoms with E-state index < -0.39 is 0 Å². The summed E-state index contributed by atoms with van der Waals surface area (Å²) < 4.78 is 15.3. The number of hydrogen-bond acceptors (Lipinski definition) is 4. The third-order valence-corrected chi connectivity index (χ3v) is 4.27. The number of nitrogens with zero attached hydrogens (tertiary/aromatic N) is 3. The molecule has 1 aromatic heterocycles. The molecular formula is C21H23FN4O. The molecule has 0 atom stereocenters. The topological polar surface area (TPSA) is 64.2 Å². The molecule has 3 aromatic rings. The number of rotatable bonds is 6. The molecule has 0 spiro atoms. The van der Waals surface area contributed by atoms with E-state index >= 15 is 0 Å². The minimum atomic E-state index is -0.340. The molecule has 0 amide bonds. The van der Waals surface area contributed by atoms with Crippen LogP contribution in [-0.4, -0.2) is 28.8 Å². The van der Waals surface area contributed by atoms with E-state index in [0.29, 0.717) is 29.9 Å². The van der Waals surface area contributed by atoms with Gasteiger partial charge in [0.05, 0.1) is 12.2 Å². The zero-order chi connectivity index (χ0) is 19.4. The normalized spacial score (nSPS) is 11.1. The molecule has 0 fully saturated rings. The van der Waals surface area contributed by atoms with E-state index in [9.17, 15) is 9.18 Å². The summed E-state index contributed by atoms with van der Waals surface area (Å²) in [6.45, 7) is 0.973. The van der Waals surface area contributed by atoms with Gasteiger partial charge in [0.15, 0.2) is 0 Å². The van der Waals surface area contributed by atoms with E-state index in [1.165, 1.54) is 10.7 Å². The van der Waals surface area contributed by atoms with E-state index in [-0.39, 0.29) is 17.9 Å². The predicted octanol–water partition coefficient (Wildman–Crippen LogP) is 2.62. The van der Waals surface area contributed by atoms with Gasteiger partial charge in [-0.25, -0.2) is 9.07 Å². The van der Waals surface area contributed by atoms with Crippen molar-refractivity contribution in [3.8, 4) is 11.3 Å². The summed E-state index contributed by atoms with van der Waals surface area (Å²) in [5, 5.41) is 4.53. The Morgan fingerprint density at radius 2 is 1.81 bits per heavy atom. The van der Waals surface area contributed by atoms with Gasteiger partial charge in [-0.1, -0.05) is 30.3 Å². The van der Waals surface area contributed by atoms with Crippen molar-refractivity contribution in [2.45, 2.75) is 19.6 Å². The molecule has 0 aliphatic carbocycles. The summed E-state index contributed by atoms with van der Waals surface area (Å²) >= 11 is 0. The summed E-state index contributed by atoms with van der Waals surface area (Å²) in [5.41, 5.74) is 8.90. The highest BCUT2D eigenvalue weighted by Gasteiger charge is 2.13. The van der Waals surface area contributed by atoms with Crippen LogP contribution >= 0.6 is 0 Å². The van der Waals surface area contributed by atoms with Crippen molar-refractivity contribution >= 4 is 0 Å². The summed E-state index contributed by atoms with van der Waals surface area (Å²) in [6.07, 6.45) is 0. The molecule has 2 aromatic carbocycles. The first kappa shape index (κ1) is 18.9. The fraction of sp³-hybridized carbons (Fsp3) is 0.238. The largest absolute Gasteiger partial charge is 0.326 e. The van der Waals surface area contributed by atoms with Crippen molar-refractivity contribution in [3.63, 3.8) is 0 Å². The van der Waals surface area contributed by atoms with Crippen LogP contribution in [0.5, 0.6) is 0 Å². The van der Waals surface area contributed by atoms with E-state index in [0.717, 1.165) is 11.1 Å². The van der Waals surface area contributed by atoms with Gasteiger partial charge in [-0.2, -0.15) is 5.10 Å². The fourth-order valence-corrected chi connectivity index (χ4v) is 2.95. The van der Waals surface area contributed by atoms with Crippen LogP contribution in [0.1, 0.15) is 16.7 Å². The highest BCUT2D eigenvalue weighted by Crippen LogP contribution is 2.21. The minimum Gasteiger partial charge on any atom is -0.326 e. The Labute approximate surface area is 157 Å². The monoisotopic (exact) mass is 366 g/mol. The third kappa shape index (κ3) is 4.48. The van der Waals surface area contributed by atoms with E-state index in [2.05, 4.69) is 5.10 Å². The van der Waals surface area contributed by atoms with Crippen LogP contribution in [0.2, 0.25) is 0 Å². The van der Waals surface area contributed by atoms with Crippen molar-refractivity contribution in [1.82, 2.24) is 14.7 Å². The maximum atomic E-state index is 13.8. The molecule has 1 heterocycles. The zero-order valence-corrected chi connectivity index (χ0v) is 15.5. The molecule has 140 valence electrons. The van der Waals surface area contributed by atoms with Crippen LogP contribution in [0.3, 0.4) is 0 Å². The lowest BCUT2D eigenvalue weighted by molar-refractivity contribution is 0.397. The van der Waals surface area contributed by atoms with Crippen molar-refractivity contribution in [2.75, 3.05) is 14.1 Å². The summed E-state index contributed by atoms with van der Waals surface area (Å²) in [7, 11) is 3.82. The molecule has 0 saturated heterocycles. The number of halogens is 1. The highest BCUT2D eigenvalue weighted by atomic mass is 19.1. The van der Waals surface area contributed by atoms with Gasteiger partial charge in [-0.3, -0.25) is 4.79 Å². The molecule has 0 saturated carbocycles. The second-order valence-electron chi connectivity index (χ2n) is 6.75. The first-order valence-electron chi connectivity index (χ1n) is 8.76. The third-order valence-electron chi connectivity index (χ3n) is 4.27. The van der Waals surface area contributed by atoms with Crippen LogP contribution in [0.15, 0.2) is 59.4 Å². The van der Waals surface area contributed by atoms with Crippen LogP contribution in [0, 0.1) is 5.82 Å². The Bertz CT molecular complexity index is 983. The van der Waals surface area contributed by atoms with E-state index in [1.54, 1.807) is 18.2 Å². The van der Waals surface area contributed by atoms with Gasteiger partial charge in [-0.05, 0) is 43.9 Å². The maximum absolute atomic E-state index is 13.8. The van der Waals surface area contributed by atoms with Gasteiger partial charge in [0.25, 0.3) is 5.56 Å². The molecule has 5 nitrogen and oxygen atoms in total. The van der Waals surface area contributed by atoms with Crippen molar-refractivity contribution < 1.29 is 4.39 Å².